The highest BCUT2D eigenvalue weighted by atomic mass is 35.5. The fraction of sp³-hybridized carbons (Fsp3) is 0.385. The summed E-state index contributed by atoms with van der Waals surface area (Å²) in [4.78, 5) is 4.15. The molecule has 6 heteroatoms. The molecule has 19 heavy (non-hydrogen) atoms. The van der Waals surface area contributed by atoms with Crippen molar-refractivity contribution >= 4 is 23.2 Å². The predicted octanol–water partition coefficient (Wildman–Crippen LogP) is 3.91. The molecule has 0 aliphatic carbocycles. The molecular formula is C13H16Cl2N4. The van der Waals surface area contributed by atoms with Crippen LogP contribution in [0.25, 0.3) is 0 Å². The Balaban J connectivity index is 2.16. The van der Waals surface area contributed by atoms with Crippen LogP contribution in [-0.2, 0) is 0 Å². The van der Waals surface area contributed by atoms with Crippen molar-refractivity contribution in [3.8, 4) is 0 Å². The van der Waals surface area contributed by atoms with E-state index >= 15 is 0 Å². The van der Waals surface area contributed by atoms with Crippen LogP contribution >= 0.6 is 23.2 Å². The lowest BCUT2D eigenvalue weighted by Gasteiger charge is -2.22. The summed E-state index contributed by atoms with van der Waals surface area (Å²) in [6.45, 7) is 4.14. The Hall–Kier alpha value is -1.10. The van der Waals surface area contributed by atoms with Gasteiger partial charge in [-0.25, -0.2) is 4.98 Å². The van der Waals surface area contributed by atoms with Gasteiger partial charge in [0.1, 0.15) is 12.2 Å². The van der Waals surface area contributed by atoms with Crippen LogP contribution in [0.4, 0.5) is 0 Å². The highest BCUT2D eigenvalue weighted by Gasteiger charge is 2.17. The molecule has 0 saturated carbocycles. The minimum atomic E-state index is 0.0687. The molecule has 0 bridgehead atoms. The van der Waals surface area contributed by atoms with Crippen molar-refractivity contribution in [3.05, 3.63) is 46.0 Å². The summed E-state index contributed by atoms with van der Waals surface area (Å²) >= 11 is 12.2. The molecule has 1 aromatic carbocycles. The van der Waals surface area contributed by atoms with Crippen molar-refractivity contribution in [2.75, 3.05) is 0 Å². The number of benzene rings is 1. The number of aromatic nitrogens is 3. The maximum atomic E-state index is 6.25. The fourth-order valence-electron chi connectivity index (χ4n) is 2.02. The molecule has 0 saturated heterocycles. The molecule has 1 aromatic heterocycles. The van der Waals surface area contributed by atoms with E-state index in [0.29, 0.717) is 10.0 Å². The van der Waals surface area contributed by atoms with Gasteiger partial charge in [0.15, 0.2) is 0 Å². The van der Waals surface area contributed by atoms with E-state index < -0.39 is 0 Å². The minimum absolute atomic E-state index is 0.0687. The lowest BCUT2D eigenvalue weighted by molar-refractivity contribution is 0.443. The van der Waals surface area contributed by atoms with Crippen LogP contribution in [0.2, 0.25) is 10.0 Å². The van der Waals surface area contributed by atoms with Crippen LogP contribution in [0.5, 0.6) is 0 Å². The maximum Gasteiger partial charge on any atom is 0.141 e. The van der Waals surface area contributed by atoms with Crippen molar-refractivity contribution in [1.82, 2.24) is 20.5 Å². The summed E-state index contributed by atoms with van der Waals surface area (Å²) in [5, 5.41) is 11.5. The van der Waals surface area contributed by atoms with Gasteiger partial charge >= 0.3 is 0 Å². The smallest absolute Gasteiger partial charge is 0.141 e. The van der Waals surface area contributed by atoms with Crippen LogP contribution in [0.3, 0.4) is 0 Å². The first-order valence-electron chi connectivity index (χ1n) is 6.18. The maximum absolute atomic E-state index is 6.25. The molecule has 4 nitrogen and oxygen atoms in total. The third-order valence-electron chi connectivity index (χ3n) is 3.04. The van der Waals surface area contributed by atoms with Gasteiger partial charge in [0, 0.05) is 16.1 Å². The molecule has 0 spiro atoms. The van der Waals surface area contributed by atoms with Crippen LogP contribution in [-0.4, -0.2) is 15.2 Å². The predicted molar refractivity (Wildman–Crippen MR) is 77.4 cm³/mol. The monoisotopic (exact) mass is 298 g/mol. The summed E-state index contributed by atoms with van der Waals surface area (Å²) in [5.74, 6) is 0.809. The number of halogens is 2. The second-order valence-electron chi connectivity index (χ2n) is 4.39. The zero-order valence-corrected chi connectivity index (χ0v) is 12.3. The average molecular weight is 299 g/mol. The van der Waals surface area contributed by atoms with Crippen molar-refractivity contribution in [1.29, 1.82) is 0 Å². The van der Waals surface area contributed by atoms with E-state index in [2.05, 4.69) is 27.4 Å². The van der Waals surface area contributed by atoms with Gasteiger partial charge in [-0.05, 0) is 31.0 Å². The molecule has 2 rings (SSSR count). The number of nitrogens with zero attached hydrogens (tertiary/aromatic N) is 2. The second-order valence-corrected chi connectivity index (χ2v) is 5.23. The standard InChI is InChI=1S/C13H16Cl2N4/c1-3-12(10-5-4-9(14)6-11(10)15)18-8(2)13-16-7-17-19-13/h4-8,12,18H,3H2,1-2H3,(H,16,17,19). The van der Waals surface area contributed by atoms with E-state index in [0.717, 1.165) is 17.8 Å². The number of hydrogen-bond donors (Lipinski definition) is 2. The molecule has 2 unspecified atom stereocenters. The minimum Gasteiger partial charge on any atom is -0.301 e. The van der Waals surface area contributed by atoms with Gasteiger partial charge in [0.25, 0.3) is 0 Å². The van der Waals surface area contributed by atoms with E-state index in [1.807, 2.05) is 19.1 Å². The van der Waals surface area contributed by atoms with Crippen molar-refractivity contribution in [3.63, 3.8) is 0 Å². The third-order valence-corrected chi connectivity index (χ3v) is 3.60. The molecule has 0 fully saturated rings. The molecule has 0 amide bonds. The van der Waals surface area contributed by atoms with Crippen molar-refractivity contribution in [2.45, 2.75) is 32.4 Å². The summed E-state index contributed by atoms with van der Waals surface area (Å²) in [6.07, 6.45) is 2.42. The van der Waals surface area contributed by atoms with Crippen LogP contribution in [0.1, 0.15) is 43.7 Å². The topological polar surface area (TPSA) is 53.6 Å². The highest BCUT2D eigenvalue weighted by Crippen LogP contribution is 2.29. The molecule has 0 radical (unpaired) electrons. The molecule has 1 heterocycles. The van der Waals surface area contributed by atoms with E-state index in [4.69, 9.17) is 23.2 Å². The largest absolute Gasteiger partial charge is 0.301 e. The Kier molecular flexibility index (Phi) is 4.80. The lowest BCUT2D eigenvalue weighted by atomic mass is 10.0. The van der Waals surface area contributed by atoms with Gasteiger partial charge in [-0.1, -0.05) is 36.2 Å². The first kappa shape index (κ1) is 14.3. The first-order valence-corrected chi connectivity index (χ1v) is 6.93. The van der Waals surface area contributed by atoms with Gasteiger partial charge in [0.05, 0.1) is 6.04 Å². The zero-order chi connectivity index (χ0) is 13.8. The number of rotatable bonds is 5. The van der Waals surface area contributed by atoms with Gasteiger partial charge in [-0.2, -0.15) is 5.10 Å². The van der Waals surface area contributed by atoms with E-state index in [9.17, 15) is 0 Å². The fourth-order valence-corrected chi connectivity index (χ4v) is 2.56. The Morgan fingerprint density at radius 2 is 2.16 bits per heavy atom. The summed E-state index contributed by atoms with van der Waals surface area (Å²) in [6, 6.07) is 5.79. The summed E-state index contributed by atoms with van der Waals surface area (Å²) in [5.41, 5.74) is 1.04. The van der Waals surface area contributed by atoms with Crippen LogP contribution < -0.4 is 5.32 Å². The molecule has 0 aliphatic rings. The molecule has 0 aliphatic heterocycles. The molecule has 2 N–H and O–H groups in total. The molecule has 2 atom stereocenters. The Labute approximate surface area is 122 Å². The Bertz CT molecular complexity index is 527. The van der Waals surface area contributed by atoms with Gasteiger partial charge in [-0.3, -0.25) is 5.10 Å². The summed E-state index contributed by atoms with van der Waals surface area (Å²) in [7, 11) is 0. The number of aromatic amines is 1. The molecule has 102 valence electrons. The van der Waals surface area contributed by atoms with Gasteiger partial charge in [-0.15, -0.1) is 0 Å². The highest BCUT2D eigenvalue weighted by molar-refractivity contribution is 6.35. The van der Waals surface area contributed by atoms with E-state index in [1.54, 1.807) is 6.07 Å². The number of H-pyrrole nitrogens is 1. The second kappa shape index (κ2) is 6.37. The van der Waals surface area contributed by atoms with Crippen LogP contribution in [0.15, 0.2) is 24.5 Å². The number of hydrogen-bond acceptors (Lipinski definition) is 3. The lowest BCUT2D eigenvalue weighted by Crippen LogP contribution is -2.25. The van der Waals surface area contributed by atoms with E-state index in [1.165, 1.54) is 6.33 Å². The van der Waals surface area contributed by atoms with Gasteiger partial charge in [0.2, 0.25) is 0 Å². The van der Waals surface area contributed by atoms with E-state index in [-0.39, 0.29) is 12.1 Å². The molecular weight excluding hydrogens is 283 g/mol. The SMILES string of the molecule is CCC(NC(C)c1ncn[nH]1)c1ccc(Cl)cc1Cl. The van der Waals surface area contributed by atoms with Gasteiger partial charge < -0.3 is 5.32 Å². The number of nitrogens with one attached hydrogen (secondary N) is 2. The van der Waals surface area contributed by atoms with Crippen molar-refractivity contribution in [2.24, 2.45) is 0 Å². The zero-order valence-electron chi connectivity index (χ0n) is 10.8. The first-order chi connectivity index (χ1) is 9.11. The normalized spacial score (nSPS) is 14.3. The summed E-state index contributed by atoms with van der Waals surface area (Å²) < 4.78 is 0. The average Bonchev–Trinajstić information content (AvgIpc) is 2.90. The Morgan fingerprint density at radius 1 is 1.37 bits per heavy atom. The quantitative estimate of drug-likeness (QED) is 0.880. The van der Waals surface area contributed by atoms with Crippen LogP contribution in [0, 0.1) is 0 Å². The Morgan fingerprint density at radius 3 is 2.74 bits per heavy atom. The molecule has 2 aromatic rings. The third kappa shape index (κ3) is 3.47. The van der Waals surface area contributed by atoms with Crippen molar-refractivity contribution < 1.29 is 0 Å².